The Morgan fingerprint density at radius 3 is 2.79 bits per heavy atom. The molecule has 0 unspecified atom stereocenters. The number of pyridine rings is 1. The summed E-state index contributed by atoms with van der Waals surface area (Å²) < 4.78 is 1.18. The lowest BCUT2D eigenvalue weighted by molar-refractivity contribution is 0.886. The van der Waals surface area contributed by atoms with Crippen molar-refractivity contribution in [2.45, 2.75) is 13.0 Å². The summed E-state index contributed by atoms with van der Waals surface area (Å²) in [7, 11) is 0. The van der Waals surface area contributed by atoms with Gasteiger partial charge in [-0.1, -0.05) is 30.3 Å². The van der Waals surface area contributed by atoms with Crippen LogP contribution in [0.4, 0.5) is 5.69 Å². The van der Waals surface area contributed by atoms with Crippen LogP contribution < -0.4 is 5.32 Å². The van der Waals surface area contributed by atoms with Crippen LogP contribution in [0.25, 0.3) is 11.0 Å². The van der Waals surface area contributed by atoms with Gasteiger partial charge in [-0.25, -0.2) is 4.98 Å². The maximum atomic E-state index is 4.34. The van der Waals surface area contributed by atoms with E-state index in [4.69, 9.17) is 0 Å². The number of nitrogens with zero attached hydrogens (tertiary/aromatic N) is 1. The van der Waals surface area contributed by atoms with Crippen LogP contribution in [0.3, 0.4) is 0 Å². The zero-order valence-corrected chi connectivity index (χ0v) is 12.7. The van der Waals surface area contributed by atoms with Gasteiger partial charge in [0, 0.05) is 27.7 Å². The number of hydrogen-bond acceptors (Lipinski definition) is 2. The van der Waals surface area contributed by atoms with Crippen molar-refractivity contribution in [3.8, 4) is 0 Å². The van der Waals surface area contributed by atoms with Crippen molar-refractivity contribution in [2.75, 3.05) is 5.32 Å². The summed E-state index contributed by atoms with van der Waals surface area (Å²) in [5.74, 6) is 0. The Labute approximate surface area is 125 Å². The molecular weight excluding hydrogens is 349 g/mol. The zero-order valence-electron chi connectivity index (χ0n) is 10.5. The van der Waals surface area contributed by atoms with Crippen LogP contribution in [0.2, 0.25) is 0 Å². The van der Waals surface area contributed by atoms with Gasteiger partial charge < -0.3 is 10.3 Å². The van der Waals surface area contributed by atoms with Crippen molar-refractivity contribution in [3.63, 3.8) is 0 Å². The Morgan fingerprint density at radius 1 is 1.21 bits per heavy atom. The first-order valence-corrected chi connectivity index (χ1v) is 7.26. The van der Waals surface area contributed by atoms with Crippen LogP contribution in [0, 0.1) is 3.57 Å². The molecule has 0 aliphatic rings. The van der Waals surface area contributed by atoms with Gasteiger partial charge in [-0.15, -0.1) is 0 Å². The third-order valence-corrected chi connectivity index (χ3v) is 4.05. The number of benzene rings is 1. The van der Waals surface area contributed by atoms with Gasteiger partial charge in [-0.3, -0.25) is 0 Å². The van der Waals surface area contributed by atoms with Crippen molar-refractivity contribution < 1.29 is 0 Å². The number of halogens is 1. The average Bonchev–Trinajstić information content (AvgIpc) is 2.83. The lowest BCUT2D eigenvalue weighted by Gasteiger charge is -2.16. The van der Waals surface area contributed by atoms with Crippen molar-refractivity contribution in [1.82, 2.24) is 9.97 Å². The van der Waals surface area contributed by atoms with Gasteiger partial charge in [0.05, 0.1) is 5.39 Å². The second-order valence-corrected chi connectivity index (χ2v) is 5.66. The average molecular weight is 363 g/mol. The third kappa shape index (κ3) is 2.45. The lowest BCUT2D eigenvalue weighted by Crippen LogP contribution is -2.06. The first-order valence-electron chi connectivity index (χ1n) is 6.19. The molecule has 3 rings (SSSR count). The molecule has 1 aromatic carbocycles. The van der Waals surface area contributed by atoms with Gasteiger partial charge in [0.15, 0.2) is 0 Å². The monoisotopic (exact) mass is 363 g/mol. The number of nitrogens with one attached hydrogen (secondary N) is 2. The highest BCUT2D eigenvalue weighted by Crippen LogP contribution is 2.29. The normalized spacial score (nSPS) is 12.5. The zero-order chi connectivity index (χ0) is 13.2. The number of H-pyrrole nitrogens is 1. The highest BCUT2D eigenvalue weighted by molar-refractivity contribution is 14.1. The van der Waals surface area contributed by atoms with Gasteiger partial charge in [-0.05, 0) is 41.1 Å². The van der Waals surface area contributed by atoms with E-state index in [1.54, 1.807) is 0 Å². The summed E-state index contributed by atoms with van der Waals surface area (Å²) in [5.41, 5.74) is 3.32. The van der Waals surface area contributed by atoms with E-state index in [0.717, 1.165) is 16.7 Å². The number of rotatable bonds is 3. The summed E-state index contributed by atoms with van der Waals surface area (Å²) in [4.78, 5) is 7.53. The summed E-state index contributed by atoms with van der Waals surface area (Å²) >= 11 is 2.33. The predicted octanol–water partition coefficient (Wildman–Crippen LogP) is 4.34. The molecule has 3 nitrogen and oxygen atoms in total. The quantitative estimate of drug-likeness (QED) is 0.680. The van der Waals surface area contributed by atoms with Crippen molar-refractivity contribution in [2.24, 2.45) is 0 Å². The summed E-state index contributed by atoms with van der Waals surface area (Å²) in [6.07, 6.45) is 3.81. The van der Waals surface area contributed by atoms with Gasteiger partial charge >= 0.3 is 0 Å². The summed E-state index contributed by atoms with van der Waals surface area (Å²) in [6, 6.07) is 12.7. The minimum absolute atomic E-state index is 0.262. The maximum Gasteiger partial charge on any atom is 0.140 e. The molecule has 96 valence electrons. The fourth-order valence-corrected chi connectivity index (χ4v) is 2.90. The predicted molar refractivity (Wildman–Crippen MR) is 87.3 cm³/mol. The molecule has 0 saturated heterocycles. The van der Waals surface area contributed by atoms with Crippen molar-refractivity contribution >= 4 is 39.3 Å². The summed E-state index contributed by atoms with van der Waals surface area (Å²) in [6.45, 7) is 2.17. The molecule has 2 N–H and O–H groups in total. The van der Waals surface area contributed by atoms with Crippen LogP contribution >= 0.6 is 22.6 Å². The molecule has 0 spiro atoms. The van der Waals surface area contributed by atoms with E-state index in [0.29, 0.717) is 0 Å². The highest BCUT2D eigenvalue weighted by Gasteiger charge is 2.10. The van der Waals surface area contributed by atoms with Gasteiger partial charge in [0.25, 0.3) is 0 Å². The Hall–Kier alpha value is -1.56. The molecule has 1 atom stereocenters. The Balaban J connectivity index is 1.95. The maximum absolute atomic E-state index is 4.34. The van der Waals surface area contributed by atoms with Gasteiger partial charge in [-0.2, -0.15) is 0 Å². The molecule has 3 aromatic rings. The number of anilines is 1. The molecule has 2 aromatic heterocycles. The number of hydrogen-bond donors (Lipinski definition) is 2. The fraction of sp³-hybridized carbons (Fsp3) is 0.133. The van der Waals surface area contributed by atoms with Gasteiger partial charge in [0.1, 0.15) is 5.65 Å². The SMILES string of the molecule is C[C@@H](Nc1ccnc2[nH]cc(I)c12)c1ccccc1. The van der Waals surface area contributed by atoms with E-state index in [1.165, 1.54) is 9.13 Å². The van der Waals surface area contributed by atoms with E-state index in [-0.39, 0.29) is 6.04 Å². The molecule has 19 heavy (non-hydrogen) atoms. The number of aromatic amines is 1. The standard InChI is InChI=1S/C15H14IN3/c1-10(11-5-3-2-4-6-11)19-13-7-8-17-15-14(13)12(16)9-18-15/h2-10H,1H3,(H2,17,18,19)/t10-/m1/s1. The molecule has 0 saturated carbocycles. The minimum atomic E-state index is 0.262. The number of aromatic nitrogens is 2. The molecule has 0 bridgehead atoms. The van der Waals surface area contributed by atoms with Crippen LogP contribution in [0.15, 0.2) is 48.8 Å². The lowest BCUT2D eigenvalue weighted by atomic mass is 10.1. The van der Waals surface area contributed by atoms with Crippen molar-refractivity contribution in [1.29, 1.82) is 0 Å². The van der Waals surface area contributed by atoms with E-state index in [2.05, 4.69) is 69.1 Å². The molecule has 0 aliphatic carbocycles. The van der Waals surface area contributed by atoms with Crippen LogP contribution in [0.5, 0.6) is 0 Å². The van der Waals surface area contributed by atoms with Crippen molar-refractivity contribution in [3.05, 3.63) is 57.9 Å². The fourth-order valence-electron chi connectivity index (χ4n) is 2.20. The van der Waals surface area contributed by atoms with E-state index < -0.39 is 0 Å². The first-order chi connectivity index (χ1) is 9.25. The minimum Gasteiger partial charge on any atom is -0.378 e. The van der Waals surface area contributed by atoms with E-state index >= 15 is 0 Å². The van der Waals surface area contributed by atoms with Gasteiger partial charge in [0.2, 0.25) is 0 Å². The molecule has 2 heterocycles. The highest BCUT2D eigenvalue weighted by atomic mass is 127. The molecule has 4 heteroatoms. The smallest absolute Gasteiger partial charge is 0.140 e. The molecule has 0 radical (unpaired) electrons. The third-order valence-electron chi connectivity index (χ3n) is 3.20. The van der Waals surface area contributed by atoms with Crippen LogP contribution in [-0.4, -0.2) is 9.97 Å². The Bertz CT molecular complexity index is 691. The number of fused-ring (bicyclic) bond motifs is 1. The topological polar surface area (TPSA) is 40.7 Å². The first kappa shape index (κ1) is 12.5. The molecule has 0 aliphatic heterocycles. The van der Waals surface area contributed by atoms with Crippen LogP contribution in [0.1, 0.15) is 18.5 Å². The Morgan fingerprint density at radius 2 is 2.00 bits per heavy atom. The second kappa shape index (κ2) is 5.21. The van der Waals surface area contributed by atoms with Crippen LogP contribution in [-0.2, 0) is 0 Å². The summed E-state index contributed by atoms with van der Waals surface area (Å²) in [5, 5.41) is 4.72. The Kier molecular flexibility index (Phi) is 3.42. The molecule has 0 amide bonds. The molecule has 0 fully saturated rings. The van der Waals surface area contributed by atoms with E-state index in [1.807, 2.05) is 24.5 Å². The largest absolute Gasteiger partial charge is 0.378 e. The van der Waals surface area contributed by atoms with E-state index in [9.17, 15) is 0 Å². The molecular formula is C15H14IN3. The second-order valence-electron chi connectivity index (χ2n) is 4.50.